The lowest BCUT2D eigenvalue weighted by atomic mass is 9.94. The van der Waals surface area contributed by atoms with Gasteiger partial charge in [0.25, 0.3) is 0 Å². The smallest absolute Gasteiger partial charge is 0.355 e. The quantitative estimate of drug-likeness (QED) is 0.258. The van der Waals surface area contributed by atoms with Crippen molar-refractivity contribution in [1.29, 1.82) is 0 Å². The zero-order valence-electron chi connectivity index (χ0n) is 30.0. The monoisotopic (exact) mass is 730 g/mol. The maximum atomic E-state index is 14.5. The molecule has 15 heteroatoms. The van der Waals surface area contributed by atoms with Crippen molar-refractivity contribution in [3.05, 3.63) is 65.0 Å². The number of piperidine rings is 1. The maximum absolute atomic E-state index is 14.5. The third-order valence-electron chi connectivity index (χ3n) is 10.9. The third-order valence-corrected chi connectivity index (χ3v) is 10.9. The van der Waals surface area contributed by atoms with Gasteiger partial charge in [-0.05, 0) is 80.3 Å². The molecule has 5 heterocycles. The lowest BCUT2D eigenvalue weighted by Crippen LogP contribution is -2.47. The molecule has 278 valence electrons. The van der Waals surface area contributed by atoms with Crippen LogP contribution in [0.25, 0.3) is 22.0 Å². The second-order valence-electron chi connectivity index (χ2n) is 14.9. The van der Waals surface area contributed by atoms with Crippen LogP contribution in [0.3, 0.4) is 0 Å². The van der Waals surface area contributed by atoms with Crippen molar-refractivity contribution < 1.29 is 32.3 Å². The van der Waals surface area contributed by atoms with E-state index in [-0.39, 0.29) is 48.6 Å². The number of benzene rings is 1. The summed E-state index contributed by atoms with van der Waals surface area (Å²) in [7, 11) is 0. The number of halogens is 3. The Morgan fingerprint density at radius 2 is 1.79 bits per heavy atom. The number of pyridine rings is 1. The first kappa shape index (κ1) is 36.2. The van der Waals surface area contributed by atoms with Crippen LogP contribution in [0.2, 0.25) is 0 Å². The van der Waals surface area contributed by atoms with E-state index in [4.69, 9.17) is 0 Å². The van der Waals surface area contributed by atoms with Gasteiger partial charge < -0.3 is 15.5 Å². The summed E-state index contributed by atoms with van der Waals surface area (Å²) < 4.78 is 42.1. The van der Waals surface area contributed by atoms with Gasteiger partial charge in [0.2, 0.25) is 17.7 Å². The van der Waals surface area contributed by atoms with Crippen molar-refractivity contribution >= 4 is 40.2 Å². The van der Waals surface area contributed by atoms with Gasteiger partial charge in [0.1, 0.15) is 35.6 Å². The molecule has 2 bridgehead atoms. The Morgan fingerprint density at radius 1 is 1.04 bits per heavy atom. The van der Waals surface area contributed by atoms with Gasteiger partial charge in [-0.25, -0.2) is 15.0 Å². The van der Waals surface area contributed by atoms with E-state index in [1.165, 1.54) is 29.5 Å². The molecule has 2 aliphatic heterocycles. The Morgan fingerprint density at radius 3 is 2.51 bits per heavy atom. The zero-order valence-corrected chi connectivity index (χ0v) is 30.0. The first-order valence-electron chi connectivity index (χ1n) is 17.9. The Balaban J connectivity index is 1.29. The van der Waals surface area contributed by atoms with Crippen molar-refractivity contribution in [3.8, 4) is 11.1 Å². The number of hydrogen-bond donors (Lipinski definition) is 2. The van der Waals surface area contributed by atoms with Gasteiger partial charge in [-0.3, -0.25) is 23.9 Å². The van der Waals surface area contributed by atoms with Crippen LogP contribution in [0, 0.1) is 25.2 Å². The molecule has 0 radical (unpaired) electrons. The highest BCUT2D eigenvalue weighted by molar-refractivity contribution is 6.07. The second kappa shape index (κ2) is 13.6. The number of hydrogen-bond acceptors (Lipinski definition) is 8. The summed E-state index contributed by atoms with van der Waals surface area (Å²) in [5.41, 5.74) is 1.89. The maximum Gasteiger partial charge on any atom is 0.433 e. The van der Waals surface area contributed by atoms with Crippen LogP contribution in [-0.2, 0) is 33.5 Å². The number of nitrogens with zero attached hydrogens (tertiary/aromatic N) is 6. The van der Waals surface area contributed by atoms with Crippen LogP contribution in [0.4, 0.5) is 19.0 Å². The normalized spacial score (nSPS) is 23.7. The van der Waals surface area contributed by atoms with E-state index in [0.29, 0.717) is 41.6 Å². The molecule has 4 atom stereocenters. The van der Waals surface area contributed by atoms with Crippen LogP contribution >= 0.6 is 0 Å². The minimum absolute atomic E-state index is 0.108. The highest BCUT2D eigenvalue weighted by Gasteiger charge is 2.67. The van der Waals surface area contributed by atoms with Crippen molar-refractivity contribution in [2.45, 2.75) is 97.4 Å². The first-order chi connectivity index (χ1) is 25.1. The van der Waals surface area contributed by atoms with Gasteiger partial charge in [0, 0.05) is 54.7 Å². The van der Waals surface area contributed by atoms with Gasteiger partial charge in [-0.1, -0.05) is 25.8 Å². The molecule has 12 nitrogen and oxygen atoms in total. The van der Waals surface area contributed by atoms with Crippen LogP contribution in [0.5, 0.6) is 0 Å². The van der Waals surface area contributed by atoms with Crippen molar-refractivity contribution in [1.82, 2.24) is 34.9 Å². The third kappa shape index (κ3) is 7.12. The van der Waals surface area contributed by atoms with Crippen LogP contribution in [0.15, 0.2) is 36.7 Å². The fourth-order valence-electron chi connectivity index (χ4n) is 7.94. The molecular weight excluding hydrogens is 689 g/mol. The topological polar surface area (TPSA) is 152 Å². The van der Waals surface area contributed by atoms with E-state index in [1.54, 1.807) is 19.3 Å². The molecule has 2 fully saturated rings. The highest BCUT2D eigenvalue weighted by Crippen LogP contribution is 2.59. The van der Waals surface area contributed by atoms with Crippen molar-refractivity contribution in [3.63, 3.8) is 0 Å². The number of aromatic nitrogens is 5. The lowest BCUT2D eigenvalue weighted by Gasteiger charge is -2.27. The molecule has 1 saturated heterocycles. The Hall–Kier alpha value is -5.21. The van der Waals surface area contributed by atoms with E-state index in [9.17, 15) is 32.3 Å². The van der Waals surface area contributed by atoms with E-state index >= 15 is 0 Å². The standard InChI is InChI=1S/C38H41F3N8O4/c1-20-7-5-6-8-24-12-25(26-16-42-23(4)43-17-26)13-27-33(22(3)50)47-48(34(24)27)18-32(52)49-28(14-37(15-30(37)49)19-44-31(51)11-20)36(53)46-35-21(2)9-10-29(45-35)38(39,40)41/h9-10,12-13,16-17,20,28,30H,5-8,11,14-15,18-19H2,1-4H3,(H,44,51)(H,45,46,53)/t20-,28+,30-,37+/m1/s1. The molecule has 1 saturated carbocycles. The molecule has 1 aliphatic carbocycles. The van der Waals surface area contributed by atoms with E-state index in [1.807, 2.05) is 19.1 Å². The summed E-state index contributed by atoms with van der Waals surface area (Å²) in [5, 5.41) is 10.9. The highest BCUT2D eigenvalue weighted by atomic mass is 19.4. The summed E-state index contributed by atoms with van der Waals surface area (Å²) in [5.74, 6) is -1.00. The molecule has 3 aliphatic rings. The number of rotatable bonds is 4. The van der Waals surface area contributed by atoms with Gasteiger partial charge >= 0.3 is 6.18 Å². The van der Waals surface area contributed by atoms with Crippen molar-refractivity contribution in [2.75, 3.05) is 11.9 Å². The molecule has 1 aromatic carbocycles. The van der Waals surface area contributed by atoms with Crippen LogP contribution in [-0.4, -0.2) is 71.8 Å². The number of anilines is 1. The second-order valence-corrected chi connectivity index (χ2v) is 14.9. The number of ketones is 1. The summed E-state index contributed by atoms with van der Waals surface area (Å²) in [4.78, 5) is 68.3. The number of alkyl halides is 3. The number of aryl methyl sites for hydroxylation is 3. The summed E-state index contributed by atoms with van der Waals surface area (Å²) in [6.45, 7) is 6.76. The molecule has 4 aromatic rings. The summed E-state index contributed by atoms with van der Waals surface area (Å²) >= 11 is 0. The number of carbonyl (C=O) groups excluding carboxylic acids is 4. The molecular formula is C38H41F3N8O4. The Bertz CT molecular complexity index is 2130. The number of nitrogens with one attached hydrogen (secondary N) is 2. The van der Waals surface area contributed by atoms with Gasteiger partial charge in [0.05, 0.1) is 5.52 Å². The predicted octanol–water partition coefficient (Wildman–Crippen LogP) is 5.59. The molecule has 7 rings (SSSR count). The lowest BCUT2D eigenvalue weighted by molar-refractivity contribution is -0.141. The predicted molar refractivity (Wildman–Crippen MR) is 189 cm³/mol. The molecule has 3 aromatic heterocycles. The van der Waals surface area contributed by atoms with Crippen molar-refractivity contribution in [2.24, 2.45) is 11.3 Å². The average Bonchev–Trinajstić information content (AvgIpc) is 3.51. The molecule has 3 amide bonds. The van der Waals surface area contributed by atoms with Gasteiger partial charge in [-0.15, -0.1) is 0 Å². The van der Waals surface area contributed by atoms with Gasteiger partial charge in [-0.2, -0.15) is 18.3 Å². The molecule has 0 spiro atoms. The molecule has 0 unspecified atom stereocenters. The molecule has 2 N–H and O–H groups in total. The number of Topliss-reactive ketones (excluding diaryl/α,β-unsaturated/α-hetero) is 1. The fraction of sp³-hybridized carbons (Fsp3) is 0.474. The largest absolute Gasteiger partial charge is 0.433 e. The summed E-state index contributed by atoms with van der Waals surface area (Å²) in [6.07, 6.45) is 2.88. The summed E-state index contributed by atoms with van der Waals surface area (Å²) in [6, 6.07) is 4.51. The Labute approximate surface area is 304 Å². The van der Waals surface area contributed by atoms with E-state index < -0.39 is 41.2 Å². The van der Waals surface area contributed by atoms with E-state index in [0.717, 1.165) is 42.0 Å². The van der Waals surface area contributed by atoms with E-state index in [2.05, 4.69) is 30.7 Å². The van der Waals surface area contributed by atoms with Crippen LogP contribution in [0.1, 0.15) is 85.5 Å². The molecule has 53 heavy (non-hydrogen) atoms. The van der Waals surface area contributed by atoms with Gasteiger partial charge in [0.15, 0.2) is 5.78 Å². The minimum Gasteiger partial charge on any atom is -0.355 e. The zero-order chi connectivity index (χ0) is 37.8. The minimum atomic E-state index is -4.72. The Kier molecular flexibility index (Phi) is 9.31. The first-order valence-corrected chi connectivity index (χ1v) is 17.9. The number of carbonyl (C=O) groups is 4. The number of amides is 3. The average molecular weight is 731 g/mol. The van der Waals surface area contributed by atoms with Crippen LogP contribution < -0.4 is 10.6 Å². The SMILES string of the molecule is CC(=O)c1nn2c3c(cc(-c4cnc(C)nc4)cc13)CCCC[C@@H](C)CC(=O)NC[C@@]13C[C@@H](C(=O)Nc4nc(C(F)(F)F)ccc4C)N(C(=O)C2)[C@@H]1C3. The fourth-order valence-corrected chi connectivity index (χ4v) is 7.94.